The predicted molar refractivity (Wildman–Crippen MR) is 30.4 cm³/mol. The van der Waals surface area contributed by atoms with Gasteiger partial charge in [-0.2, -0.15) is 0 Å². The maximum absolute atomic E-state index is 8.88. The molecule has 0 heterocycles. The van der Waals surface area contributed by atoms with E-state index in [0.717, 1.165) is 0 Å². The highest BCUT2D eigenvalue weighted by molar-refractivity contribution is 7.45. The van der Waals surface area contributed by atoms with Crippen LogP contribution in [0.15, 0.2) is 0 Å². The van der Waals surface area contributed by atoms with Gasteiger partial charge < -0.3 is 25.5 Å². The van der Waals surface area contributed by atoms with Crippen LogP contribution in [0, 0.1) is 0 Å². The number of hydrogen-bond acceptors (Lipinski definition) is 3. The molecule has 0 aromatic rings. The summed E-state index contributed by atoms with van der Waals surface area (Å²) in [6, 6.07) is 0. The Morgan fingerprint density at radius 2 is 1.44 bits per heavy atom. The summed E-state index contributed by atoms with van der Waals surface area (Å²) in [6.07, 6.45) is 0. The summed E-state index contributed by atoms with van der Waals surface area (Å²) >= 11 is 0. The highest BCUT2D eigenvalue weighted by Gasteiger charge is 2.00. The van der Waals surface area contributed by atoms with E-state index in [1.54, 1.807) is 0 Å². The molecule has 58 valence electrons. The Kier molecular flexibility index (Phi) is 8.06. The van der Waals surface area contributed by atoms with Gasteiger partial charge in [0.05, 0.1) is 6.61 Å². The van der Waals surface area contributed by atoms with Gasteiger partial charge in [0, 0.05) is 6.54 Å². The van der Waals surface area contributed by atoms with E-state index in [1.807, 2.05) is 0 Å². The summed E-state index contributed by atoms with van der Waals surface area (Å²) in [5, 5.41) is 7.75. The molecule has 7 heteroatoms. The molecular formula is C2H10NO5P. The number of nitrogens with two attached hydrogens (primary N) is 1. The zero-order chi connectivity index (χ0) is 7.91. The molecule has 0 aromatic heterocycles. The summed E-state index contributed by atoms with van der Waals surface area (Å²) in [6.45, 7) is 0.472. The molecule has 0 radical (unpaired) electrons. The topological polar surface area (TPSA) is 124 Å². The van der Waals surface area contributed by atoms with Crippen LogP contribution < -0.4 is 5.73 Å². The van der Waals surface area contributed by atoms with Crippen LogP contribution in [-0.4, -0.2) is 32.9 Å². The Balaban J connectivity index is 0. The Bertz CT molecular complexity index is 78.7. The van der Waals surface area contributed by atoms with E-state index in [2.05, 4.69) is 0 Å². The zero-order valence-corrected chi connectivity index (χ0v) is 5.53. The van der Waals surface area contributed by atoms with Crippen LogP contribution in [0.3, 0.4) is 0 Å². The first-order valence-electron chi connectivity index (χ1n) is 2.01. The molecule has 0 fully saturated rings. The van der Waals surface area contributed by atoms with Crippen molar-refractivity contribution in [1.29, 1.82) is 0 Å². The van der Waals surface area contributed by atoms with E-state index >= 15 is 0 Å². The summed E-state index contributed by atoms with van der Waals surface area (Å²) in [4.78, 5) is 21.6. The van der Waals surface area contributed by atoms with Gasteiger partial charge in [-0.1, -0.05) is 0 Å². The first-order valence-corrected chi connectivity index (χ1v) is 3.57. The zero-order valence-electron chi connectivity index (χ0n) is 4.64. The van der Waals surface area contributed by atoms with Crippen molar-refractivity contribution in [1.82, 2.24) is 0 Å². The maximum atomic E-state index is 8.88. The Hall–Kier alpha value is 0.0300. The van der Waals surface area contributed by atoms with Crippen molar-refractivity contribution < 1.29 is 24.4 Å². The minimum Gasteiger partial charge on any atom is -0.395 e. The largest absolute Gasteiger partial charge is 0.466 e. The van der Waals surface area contributed by atoms with Crippen LogP contribution >= 0.6 is 7.82 Å². The molecule has 0 bridgehead atoms. The van der Waals surface area contributed by atoms with Gasteiger partial charge in [-0.3, -0.25) is 0 Å². The molecular weight excluding hydrogens is 149 g/mol. The number of aliphatic hydroxyl groups is 1. The lowest BCUT2D eigenvalue weighted by molar-refractivity contribution is 0.275. The van der Waals surface area contributed by atoms with Crippen molar-refractivity contribution >= 4 is 7.82 Å². The summed E-state index contributed by atoms with van der Waals surface area (Å²) in [5.41, 5.74) is 4.78. The van der Waals surface area contributed by atoms with Gasteiger partial charge in [0.2, 0.25) is 0 Å². The second-order valence-electron chi connectivity index (χ2n) is 1.03. The Morgan fingerprint density at radius 1 is 1.33 bits per heavy atom. The summed E-state index contributed by atoms with van der Waals surface area (Å²) in [5.74, 6) is 0. The molecule has 9 heavy (non-hydrogen) atoms. The lowest BCUT2D eigenvalue weighted by Crippen LogP contribution is -2.02. The normalized spacial score (nSPS) is 9.89. The Labute approximate surface area is 52.2 Å². The van der Waals surface area contributed by atoms with Crippen LogP contribution in [0.2, 0.25) is 0 Å². The van der Waals surface area contributed by atoms with Gasteiger partial charge >= 0.3 is 7.82 Å². The van der Waals surface area contributed by atoms with Crippen molar-refractivity contribution in [3.05, 3.63) is 0 Å². The van der Waals surface area contributed by atoms with E-state index in [-0.39, 0.29) is 6.61 Å². The van der Waals surface area contributed by atoms with Crippen LogP contribution in [0.5, 0.6) is 0 Å². The molecule has 0 saturated heterocycles. The quantitative estimate of drug-likeness (QED) is 0.282. The van der Waals surface area contributed by atoms with E-state index in [0.29, 0.717) is 6.54 Å². The molecule has 0 rings (SSSR count). The highest BCUT2D eigenvalue weighted by atomic mass is 31.2. The Morgan fingerprint density at radius 3 is 1.44 bits per heavy atom. The fraction of sp³-hybridized carbons (Fsp3) is 1.00. The molecule has 0 atom stereocenters. The van der Waals surface area contributed by atoms with Gasteiger partial charge in [-0.25, -0.2) is 4.57 Å². The van der Waals surface area contributed by atoms with E-state index in [4.69, 9.17) is 30.1 Å². The molecule has 6 N–H and O–H groups in total. The molecule has 0 amide bonds. The van der Waals surface area contributed by atoms with E-state index in [1.165, 1.54) is 0 Å². The molecule has 0 unspecified atom stereocenters. The van der Waals surface area contributed by atoms with Crippen molar-refractivity contribution in [2.24, 2.45) is 5.73 Å². The van der Waals surface area contributed by atoms with Crippen molar-refractivity contribution in [3.63, 3.8) is 0 Å². The second kappa shape index (κ2) is 6.15. The number of rotatable bonds is 1. The molecule has 0 aromatic carbocycles. The molecule has 0 aliphatic carbocycles. The van der Waals surface area contributed by atoms with Gasteiger partial charge in [0.15, 0.2) is 0 Å². The fourth-order valence-electron chi connectivity index (χ4n) is 0. The van der Waals surface area contributed by atoms with Crippen molar-refractivity contribution in [2.45, 2.75) is 0 Å². The van der Waals surface area contributed by atoms with Crippen LogP contribution in [0.25, 0.3) is 0 Å². The summed E-state index contributed by atoms with van der Waals surface area (Å²) < 4.78 is 8.88. The van der Waals surface area contributed by atoms with Crippen molar-refractivity contribution in [3.8, 4) is 0 Å². The minimum absolute atomic E-state index is 0.0972. The lowest BCUT2D eigenvalue weighted by Gasteiger charge is -1.82. The third kappa shape index (κ3) is 275. The standard InChI is InChI=1S/C2H7NO.H3O4P/c3-1-2-4;1-5(2,3)4/h4H,1-3H2;(H3,1,2,3,4). The van der Waals surface area contributed by atoms with E-state index < -0.39 is 7.82 Å². The maximum Gasteiger partial charge on any atom is 0.466 e. The van der Waals surface area contributed by atoms with Crippen LogP contribution in [-0.2, 0) is 4.57 Å². The van der Waals surface area contributed by atoms with Crippen molar-refractivity contribution in [2.75, 3.05) is 13.2 Å². The predicted octanol–water partition coefficient (Wildman–Crippen LogP) is -1.99. The van der Waals surface area contributed by atoms with E-state index in [9.17, 15) is 0 Å². The second-order valence-corrected chi connectivity index (χ2v) is 2.05. The fourth-order valence-corrected chi connectivity index (χ4v) is 0. The molecule has 6 nitrogen and oxygen atoms in total. The first kappa shape index (κ1) is 11.8. The average molecular weight is 159 g/mol. The monoisotopic (exact) mass is 159 g/mol. The average Bonchev–Trinajstić information content (AvgIpc) is 1.61. The lowest BCUT2D eigenvalue weighted by atomic mass is 10.8. The van der Waals surface area contributed by atoms with Crippen LogP contribution in [0.1, 0.15) is 0 Å². The molecule has 0 aliphatic rings. The number of phosphoric acid groups is 1. The third-order valence-electron chi connectivity index (χ3n) is 0.129. The van der Waals surface area contributed by atoms with Gasteiger partial charge in [0.25, 0.3) is 0 Å². The highest BCUT2D eigenvalue weighted by Crippen LogP contribution is 2.25. The SMILES string of the molecule is NCCO.O=P(O)(O)O. The summed E-state index contributed by atoms with van der Waals surface area (Å²) in [7, 11) is -4.64. The third-order valence-corrected chi connectivity index (χ3v) is 0.129. The molecule has 0 spiro atoms. The minimum atomic E-state index is -4.64. The smallest absolute Gasteiger partial charge is 0.395 e. The first-order chi connectivity index (χ1) is 3.91. The molecule has 0 saturated carbocycles. The van der Waals surface area contributed by atoms with Crippen LogP contribution in [0.4, 0.5) is 0 Å². The van der Waals surface area contributed by atoms with Gasteiger partial charge in [-0.15, -0.1) is 0 Å². The number of hydrogen-bond donors (Lipinski definition) is 5. The number of aliphatic hydroxyl groups excluding tert-OH is 1. The molecule has 0 aliphatic heterocycles. The van der Waals surface area contributed by atoms with Gasteiger partial charge in [0.1, 0.15) is 0 Å². The van der Waals surface area contributed by atoms with Gasteiger partial charge in [-0.05, 0) is 0 Å².